The second-order valence-corrected chi connectivity index (χ2v) is 8.14. The number of amides is 2. The Morgan fingerprint density at radius 2 is 2.16 bits per heavy atom. The molecule has 1 aliphatic heterocycles. The van der Waals surface area contributed by atoms with Crippen LogP contribution in [0, 0.1) is 5.92 Å². The van der Waals surface area contributed by atoms with Crippen molar-refractivity contribution in [1.29, 1.82) is 0 Å². The minimum Gasteiger partial charge on any atom is -0.497 e. The Labute approximate surface area is 182 Å². The van der Waals surface area contributed by atoms with Crippen LogP contribution in [0.5, 0.6) is 5.75 Å². The Kier molecular flexibility index (Phi) is 8.06. The molecule has 2 heterocycles. The topological polar surface area (TPSA) is 93.9 Å². The Balaban J connectivity index is 1.61. The zero-order chi connectivity index (χ0) is 22.2. The average Bonchev–Trinajstić information content (AvgIpc) is 3.46. The van der Waals surface area contributed by atoms with Crippen molar-refractivity contribution in [2.24, 2.45) is 5.92 Å². The van der Waals surface area contributed by atoms with Gasteiger partial charge in [-0.1, -0.05) is 31.1 Å². The monoisotopic (exact) mass is 429 g/mol. The van der Waals surface area contributed by atoms with Gasteiger partial charge in [0.05, 0.1) is 13.2 Å². The molecule has 0 bridgehead atoms. The second-order valence-electron chi connectivity index (χ2n) is 8.14. The third kappa shape index (κ3) is 6.55. The molecular formula is C23H31N3O5. The third-order valence-electron chi connectivity index (χ3n) is 5.12. The van der Waals surface area contributed by atoms with E-state index < -0.39 is 0 Å². The molecule has 2 amide bonds. The molecule has 2 aromatic rings. The molecule has 8 heteroatoms. The van der Waals surface area contributed by atoms with E-state index in [9.17, 15) is 9.59 Å². The molecular weight excluding hydrogens is 398 g/mol. The lowest BCUT2D eigenvalue weighted by Gasteiger charge is -2.23. The Hall–Kier alpha value is -2.87. The number of ether oxygens (including phenoxy) is 2. The molecule has 3 rings (SSSR count). The van der Waals surface area contributed by atoms with E-state index in [4.69, 9.17) is 14.0 Å². The van der Waals surface area contributed by atoms with Gasteiger partial charge in [-0.05, 0) is 30.9 Å². The summed E-state index contributed by atoms with van der Waals surface area (Å²) in [5, 5.41) is 6.87. The van der Waals surface area contributed by atoms with Crippen molar-refractivity contribution >= 4 is 11.8 Å². The normalized spacial score (nSPS) is 15.8. The summed E-state index contributed by atoms with van der Waals surface area (Å²) in [4.78, 5) is 27.0. The number of nitrogens with one attached hydrogen (secondary N) is 1. The van der Waals surface area contributed by atoms with Crippen LogP contribution >= 0.6 is 0 Å². The fourth-order valence-corrected chi connectivity index (χ4v) is 3.52. The molecule has 0 aliphatic carbocycles. The highest BCUT2D eigenvalue weighted by molar-refractivity contribution is 5.93. The van der Waals surface area contributed by atoms with Crippen LogP contribution in [0.1, 0.15) is 43.6 Å². The van der Waals surface area contributed by atoms with E-state index in [-0.39, 0.29) is 36.0 Å². The van der Waals surface area contributed by atoms with E-state index >= 15 is 0 Å². The van der Waals surface area contributed by atoms with Crippen molar-refractivity contribution in [2.75, 3.05) is 33.4 Å². The maximum Gasteiger partial charge on any atom is 0.276 e. The van der Waals surface area contributed by atoms with Crippen molar-refractivity contribution in [2.45, 2.75) is 39.2 Å². The molecule has 0 radical (unpaired) electrons. The number of carbonyl (C=O) groups excluding carboxylic acids is 2. The minimum atomic E-state index is -0.251. The van der Waals surface area contributed by atoms with E-state index in [0.29, 0.717) is 31.1 Å². The molecule has 0 unspecified atom stereocenters. The highest BCUT2D eigenvalue weighted by atomic mass is 16.5. The van der Waals surface area contributed by atoms with Gasteiger partial charge in [-0.2, -0.15) is 0 Å². The summed E-state index contributed by atoms with van der Waals surface area (Å²) >= 11 is 0. The third-order valence-corrected chi connectivity index (χ3v) is 5.12. The number of rotatable bonds is 10. The number of aromatic nitrogens is 1. The van der Waals surface area contributed by atoms with Crippen LogP contribution in [0.3, 0.4) is 0 Å². The summed E-state index contributed by atoms with van der Waals surface area (Å²) in [7, 11) is 1.59. The molecule has 1 saturated heterocycles. The Morgan fingerprint density at radius 1 is 1.32 bits per heavy atom. The first kappa shape index (κ1) is 22.8. The van der Waals surface area contributed by atoms with Gasteiger partial charge < -0.3 is 24.2 Å². The largest absolute Gasteiger partial charge is 0.497 e. The smallest absolute Gasteiger partial charge is 0.276 e. The van der Waals surface area contributed by atoms with Crippen LogP contribution in [0.25, 0.3) is 11.3 Å². The van der Waals surface area contributed by atoms with Crippen molar-refractivity contribution in [3.05, 3.63) is 36.0 Å². The standard InChI is InChI=1S/C23H31N3O5/c1-16(2)15-26(10-9-22(27)24-14-19-8-5-11-30-19)23(28)20-13-21(31-25-20)17-6-4-7-18(12-17)29-3/h4,6-7,12-13,16,19H,5,8-11,14-15H2,1-3H3,(H,24,27)/t19-/m0/s1. The SMILES string of the molecule is COc1cccc(-c2cc(C(=O)N(CCC(=O)NC[C@@H]3CCCO3)CC(C)C)no2)c1. The lowest BCUT2D eigenvalue weighted by atomic mass is 10.1. The highest BCUT2D eigenvalue weighted by Gasteiger charge is 2.23. The predicted octanol–water partition coefficient (Wildman–Crippen LogP) is 3.13. The van der Waals surface area contributed by atoms with Gasteiger partial charge in [0.1, 0.15) is 5.75 Å². The van der Waals surface area contributed by atoms with E-state index in [2.05, 4.69) is 10.5 Å². The maximum absolute atomic E-state index is 13.1. The van der Waals surface area contributed by atoms with Crippen LogP contribution in [-0.4, -0.2) is 61.3 Å². The summed E-state index contributed by atoms with van der Waals surface area (Å²) in [5.41, 5.74) is 0.994. The average molecular weight is 430 g/mol. The molecule has 1 fully saturated rings. The first-order valence-electron chi connectivity index (χ1n) is 10.7. The second kappa shape index (κ2) is 10.9. The summed E-state index contributed by atoms with van der Waals surface area (Å²) in [6, 6.07) is 8.99. The number of carbonyl (C=O) groups is 2. The van der Waals surface area contributed by atoms with Gasteiger partial charge >= 0.3 is 0 Å². The van der Waals surface area contributed by atoms with E-state index in [1.807, 2.05) is 38.1 Å². The van der Waals surface area contributed by atoms with E-state index in [1.165, 1.54) is 0 Å². The number of nitrogens with zero attached hydrogens (tertiary/aromatic N) is 2. The zero-order valence-electron chi connectivity index (χ0n) is 18.4. The maximum atomic E-state index is 13.1. The molecule has 31 heavy (non-hydrogen) atoms. The van der Waals surface area contributed by atoms with Gasteiger partial charge in [0.15, 0.2) is 11.5 Å². The molecule has 8 nitrogen and oxygen atoms in total. The van der Waals surface area contributed by atoms with Crippen molar-refractivity contribution in [1.82, 2.24) is 15.4 Å². The van der Waals surface area contributed by atoms with Crippen molar-refractivity contribution in [3.63, 3.8) is 0 Å². The van der Waals surface area contributed by atoms with Gasteiger partial charge in [-0.3, -0.25) is 9.59 Å². The summed E-state index contributed by atoms with van der Waals surface area (Å²) in [6.07, 6.45) is 2.33. The molecule has 1 N–H and O–H groups in total. The van der Waals surface area contributed by atoms with Gasteiger partial charge in [0.25, 0.3) is 5.91 Å². The zero-order valence-corrected chi connectivity index (χ0v) is 18.4. The van der Waals surface area contributed by atoms with Crippen LogP contribution in [0.4, 0.5) is 0 Å². The first-order chi connectivity index (χ1) is 15.0. The van der Waals surface area contributed by atoms with Crippen LogP contribution in [-0.2, 0) is 9.53 Å². The summed E-state index contributed by atoms with van der Waals surface area (Å²) < 4.78 is 16.2. The number of hydrogen-bond acceptors (Lipinski definition) is 6. The quantitative estimate of drug-likeness (QED) is 0.624. The molecule has 0 saturated carbocycles. The van der Waals surface area contributed by atoms with E-state index in [1.54, 1.807) is 18.1 Å². The van der Waals surface area contributed by atoms with Crippen molar-refractivity contribution < 1.29 is 23.6 Å². The molecule has 1 aliphatic rings. The van der Waals surface area contributed by atoms with E-state index in [0.717, 1.165) is 25.0 Å². The molecule has 1 atom stereocenters. The van der Waals surface area contributed by atoms with Gasteiger partial charge in [-0.15, -0.1) is 0 Å². The highest BCUT2D eigenvalue weighted by Crippen LogP contribution is 2.25. The van der Waals surface area contributed by atoms with Gasteiger partial charge in [-0.25, -0.2) is 0 Å². The fraction of sp³-hybridized carbons (Fsp3) is 0.522. The number of hydrogen-bond donors (Lipinski definition) is 1. The van der Waals surface area contributed by atoms with Crippen molar-refractivity contribution in [3.8, 4) is 17.1 Å². The molecule has 168 valence electrons. The number of methoxy groups -OCH3 is 1. The molecule has 1 aromatic heterocycles. The predicted molar refractivity (Wildman–Crippen MR) is 116 cm³/mol. The lowest BCUT2D eigenvalue weighted by molar-refractivity contribution is -0.121. The Bertz CT molecular complexity index is 874. The lowest BCUT2D eigenvalue weighted by Crippen LogP contribution is -2.39. The van der Waals surface area contributed by atoms with Crippen LogP contribution in [0.15, 0.2) is 34.9 Å². The van der Waals surface area contributed by atoms with Gasteiger partial charge in [0, 0.05) is 44.3 Å². The minimum absolute atomic E-state index is 0.0886. The fourth-order valence-electron chi connectivity index (χ4n) is 3.52. The van der Waals surface area contributed by atoms with Crippen LogP contribution in [0.2, 0.25) is 0 Å². The summed E-state index contributed by atoms with van der Waals surface area (Å²) in [5.74, 6) is 1.09. The van der Waals surface area contributed by atoms with Gasteiger partial charge in [0.2, 0.25) is 5.91 Å². The molecule has 0 spiro atoms. The first-order valence-corrected chi connectivity index (χ1v) is 10.7. The van der Waals surface area contributed by atoms with Crippen LogP contribution < -0.4 is 10.1 Å². The summed E-state index contributed by atoms with van der Waals surface area (Å²) in [6.45, 7) is 6.18. The Morgan fingerprint density at radius 3 is 2.87 bits per heavy atom. The molecule has 1 aromatic carbocycles. The number of benzene rings is 1.